The molecule has 118 valence electrons. The van der Waals surface area contributed by atoms with Crippen molar-refractivity contribution in [1.82, 2.24) is 5.32 Å². The highest BCUT2D eigenvalue weighted by Crippen LogP contribution is 2.33. The van der Waals surface area contributed by atoms with Crippen LogP contribution >= 0.6 is 15.9 Å². The van der Waals surface area contributed by atoms with Gasteiger partial charge in [0.1, 0.15) is 11.9 Å². The second kappa shape index (κ2) is 8.19. The van der Waals surface area contributed by atoms with Crippen molar-refractivity contribution in [3.63, 3.8) is 0 Å². The first-order chi connectivity index (χ1) is 10.2. The normalized spacial score (nSPS) is 23.8. The average Bonchev–Trinajstić information content (AvgIpc) is 2.48. The van der Waals surface area contributed by atoms with Crippen molar-refractivity contribution in [2.24, 2.45) is 5.92 Å². The molecule has 0 bridgehead atoms. The van der Waals surface area contributed by atoms with Gasteiger partial charge in [0.2, 0.25) is 0 Å². The van der Waals surface area contributed by atoms with Gasteiger partial charge in [-0.15, -0.1) is 0 Å². The molecule has 1 aliphatic carbocycles. The van der Waals surface area contributed by atoms with Crippen LogP contribution in [0.15, 0.2) is 22.7 Å². The van der Waals surface area contributed by atoms with E-state index < -0.39 is 0 Å². The standard InChI is InChI=1S/C18H28BrNO/c1-4-14-8-6-7-9-18(14)21-15-10-11-16(17(19)12-15)13(3)20-5-2/h10-14,18,20H,4-9H2,1-3H3. The van der Waals surface area contributed by atoms with Gasteiger partial charge in [-0.2, -0.15) is 0 Å². The molecule has 3 unspecified atom stereocenters. The van der Waals surface area contributed by atoms with Gasteiger partial charge in [0.05, 0.1) is 0 Å². The van der Waals surface area contributed by atoms with Gasteiger partial charge in [0, 0.05) is 10.5 Å². The van der Waals surface area contributed by atoms with Crippen LogP contribution < -0.4 is 10.1 Å². The first-order valence-electron chi connectivity index (χ1n) is 8.35. The van der Waals surface area contributed by atoms with E-state index in [2.05, 4.69) is 60.2 Å². The number of rotatable bonds is 6. The molecule has 2 rings (SSSR count). The summed E-state index contributed by atoms with van der Waals surface area (Å²) in [6.07, 6.45) is 6.80. The molecule has 0 heterocycles. The summed E-state index contributed by atoms with van der Waals surface area (Å²) in [6, 6.07) is 6.78. The van der Waals surface area contributed by atoms with Crippen molar-refractivity contribution in [2.75, 3.05) is 6.54 Å². The Morgan fingerprint density at radius 1 is 1.29 bits per heavy atom. The van der Waals surface area contributed by atoms with Crippen molar-refractivity contribution < 1.29 is 4.74 Å². The van der Waals surface area contributed by atoms with Gasteiger partial charge < -0.3 is 10.1 Å². The monoisotopic (exact) mass is 353 g/mol. The van der Waals surface area contributed by atoms with Crippen LogP contribution in [0.2, 0.25) is 0 Å². The lowest BCUT2D eigenvalue weighted by Crippen LogP contribution is -2.29. The number of halogens is 1. The maximum Gasteiger partial charge on any atom is 0.120 e. The van der Waals surface area contributed by atoms with E-state index >= 15 is 0 Å². The van der Waals surface area contributed by atoms with E-state index in [1.807, 2.05) is 0 Å². The SMILES string of the molecule is CCNC(C)c1ccc(OC2CCCCC2CC)cc1Br. The molecule has 1 aromatic rings. The molecule has 0 spiro atoms. The number of hydrogen-bond acceptors (Lipinski definition) is 2. The maximum absolute atomic E-state index is 6.28. The molecule has 1 N–H and O–H groups in total. The zero-order valence-corrected chi connectivity index (χ0v) is 15.1. The topological polar surface area (TPSA) is 21.3 Å². The van der Waals surface area contributed by atoms with Gasteiger partial charge in [-0.05, 0) is 62.8 Å². The van der Waals surface area contributed by atoms with E-state index in [9.17, 15) is 0 Å². The fraction of sp³-hybridized carbons (Fsp3) is 0.667. The van der Waals surface area contributed by atoms with Crippen LogP contribution in [0.1, 0.15) is 64.5 Å². The molecule has 21 heavy (non-hydrogen) atoms. The van der Waals surface area contributed by atoms with Crippen LogP contribution in [0, 0.1) is 5.92 Å². The van der Waals surface area contributed by atoms with Crippen LogP contribution in [0.3, 0.4) is 0 Å². The fourth-order valence-electron chi connectivity index (χ4n) is 3.32. The lowest BCUT2D eigenvalue weighted by Gasteiger charge is -2.31. The molecular formula is C18H28BrNO. The Kier molecular flexibility index (Phi) is 6.56. The third-order valence-electron chi connectivity index (χ3n) is 4.60. The average molecular weight is 354 g/mol. The zero-order valence-electron chi connectivity index (χ0n) is 13.5. The van der Waals surface area contributed by atoms with Crippen LogP contribution in [-0.4, -0.2) is 12.6 Å². The Labute approximate surface area is 137 Å². The molecule has 0 radical (unpaired) electrons. The van der Waals surface area contributed by atoms with E-state index in [1.54, 1.807) is 0 Å². The second-order valence-electron chi connectivity index (χ2n) is 6.07. The summed E-state index contributed by atoms with van der Waals surface area (Å²) in [6.45, 7) is 7.59. The molecule has 1 fully saturated rings. The van der Waals surface area contributed by atoms with Crippen molar-refractivity contribution >= 4 is 15.9 Å². The quantitative estimate of drug-likeness (QED) is 0.732. The van der Waals surface area contributed by atoms with Crippen molar-refractivity contribution in [2.45, 2.75) is 65.0 Å². The Morgan fingerprint density at radius 3 is 2.71 bits per heavy atom. The zero-order chi connectivity index (χ0) is 15.2. The van der Waals surface area contributed by atoms with Crippen LogP contribution in [-0.2, 0) is 0 Å². The van der Waals surface area contributed by atoms with Gasteiger partial charge in [0.25, 0.3) is 0 Å². The summed E-state index contributed by atoms with van der Waals surface area (Å²) in [5, 5.41) is 3.45. The van der Waals surface area contributed by atoms with Gasteiger partial charge in [0.15, 0.2) is 0 Å². The van der Waals surface area contributed by atoms with Gasteiger partial charge in [-0.25, -0.2) is 0 Å². The fourth-order valence-corrected chi connectivity index (χ4v) is 4.02. The number of hydrogen-bond donors (Lipinski definition) is 1. The van der Waals surface area contributed by atoms with Gasteiger partial charge in [-0.1, -0.05) is 42.3 Å². The number of nitrogens with one attached hydrogen (secondary N) is 1. The molecule has 1 saturated carbocycles. The number of ether oxygens (including phenoxy) is 1. The smallest absolute Gasteiger partial charge is 0.120 e. The Hall–Kier alpha value is -0.540. The van der Waals surface area contributed by atoms with Gasteiger partial charge >= 0.3 is 0 Å². The molecule has 0 aliphatic heterocycles. The minimum Gasteiger partial charge on any atom is -0.490 e. The predicted molar refractivity (Wildman–Crippen MR) is 92.9 cm³/mol. The minimum absolute atomic E-state index is 0.358. The molecule has 1 aromatic carbocycles. The summed E-state index contributed by atoms with van der Waals surface area (Å²) in [7, 11) is 0. The van der Waals surface area contributed by atoms with Crippen LogP contribution in [0.25, 0.3) is 0 Å². The van der Waals surface area contributed by atoms with Crippen molar-refractivity contribution in [3.8, 4) is 5.75 Å². The summed E-state index contributed by atoms with van der Waals surface area (Å²) in [4.78, 5) is 0. The molecule has 3 atom stereocenters. The van der Waals surface area contributed by atoms with E-state index in [0.29, 0.717) is 12.1 Å². The molecule has 2 nitrogen and oxygen atoms in total. The highest BCUT2D eigenvalue weighted by atomic mass is 79.9. The molecule has 0 saturated heterocycles. The lowest BCUT2D eigenvalue weighted by molar-refractivity contribution is 0.0903. The summed E-state index contributed by atoms with van der Waals surface area (Å²) >= 11 is 3.69. The minimum atomic E-state index is 0.358. The lowest BCUT2D eigenvalue weighted by atomic mass is 9.85. The summed E-state index contributed by atoms with van der Waals surface area (Å²) < 4.78 is 7.42. The predicted octanol–water partition coefficient (Wildman–Crippen LogP) is 5.47. The van der Waals surface area contributed by atoms with Crippen molar-refractivity contribution in [1.29, 1.82) is 0 Å². The van der Waals surface area contributed by atoms with E-state index in [4.69, 9.17) is 4.74 Å². The Balaban J connectivity index is 2.05. The largest absolute Gasteiger partial charge is 0.490 e. The Bertz CT molecular complexity index is 449. The second-order valence-corrected chi connectivity index (χ2v) is 6.93. The summed E-state index contributed by atoms with van der Waals surface area (Å²) in [5.74, 6) is 1.72. The van der Waals surface area contributed by atoms with Crippen LogP contribution in [0.5, 0.6) is 5.75 Å². The van der Waals surface area contributed by atoms with Crippen molar-refractivity contribution in [3.05, 3.63) is 28.2 Å². The van der Waals surface area contributed by atoms with E-state index in [0.717, 1.165) is 22.7 Å². The molecule has 3 heteroatoms. The van der Waals surface area contributed by atoms with Gasteiger partial charge in [-0.3, -0.25) is 0 Å². The van der Waals surface area contributed by atoms with Crippen LogP contribution in [0.4, 0.5) is 0 Å². The molecule has 0 aromatic heterocycles. The third kappa shape index (κ3) is 4.46. The molecule has 0 amide bonds. The Morgan fingerprint density at radius 2 is 2.05 bits per heavy atom. The maximum atomic E-state index is 6.28. The molecule has 1 aliphatic rings. The summed E-state index contributed by atoms with van der Waals surface area (Å²) in [5.41, 5.74) is 1.29. The third-order valence-corrected chi connectivity index (χ3v) is 5.29. The first-order valence-corrected chi connectivity index (χ1v) is 9.14. The van der Waals surface area contributed by atoms with E-state index in [1.165, 1.54) is 37.7 Å². The molecular weight excluding hydrogens is 326 g/mol. The number of benzene rings is 1. The van der Waals surface area contributed by atoms with E-state index in [-0.39, 0.29) is 0 Å². The first kappa shape index (κ1) is 16.8. The highest BCUT2D eigenvalue weighted by molar-refractivity contribution is 9.10. The highest BCUT2D eigenvalue weighted by Gasteiger charge is 2.25.